The summed E-state index contributed by atoms with van der Waals surface area (Å²) in [6, 6.07) is 0. The maximum Gasteiger partial charge on any atom is 0.0466 e. The minimum absolute atomic E-state index is 0.322. The summed E-state index contributed by atoms with van der Waals surface area (Å²) in [6.45, 7) is 2.32. The Bertz CT molecular complexity index is 77.8. The van der Waals surface area contributed by atoms with Crippen LogP contribution in [-0.4, -0.2) is 30.8 Å². The monoisotopic (exact) mass is 222 g/mol. The Morgan fingerprint density at radius 1 is 0.929 bits per heavy atom. The van der Waals surface area contributed by atoms with E-state index in [1.54, 1.807) is 0 Å². The zero-order valence-electron chi connectivity index (χ0n) is 9.01. The molecule has 3 heteroatoms. The average Bonchev–Trinajstić information content (AvgIpc) is 2.28. The molecule has 0 aliphatic carbocycles. The number of halogens is 1. The molecule has 0 aromatic rings. The van der Waals surface area contributed by atoms with E-state index in [9.17, 15) is 0 Å². The Morgan fingerprint density at radius 3 is 1.93 bits per heavy atom. The van der Waals surface area contributed by atoms with Crippen molar-refractivity contribution >= 4 is 11.6 Å². The van der Waals surface area contributed by atoms with Crippen molar-refractivity contribution < 1.29 is 9.84 Å². The van der Waals surface area contributed by atoms with Gasteiger partial charge in [0.1, 0.15) is 0 Å². The van der Waals surface area contributed by atoms with Crippen LogP contribution in [0.15, 0.2) is 0 Å². The van der Waals surface area contributed by atoms with E-state index in [4.69, 9.17) is 21.4 Å². The number of aliphatic hydroxyl groups is 1. The third-order valence-electron chi connectivity index (χ3n) is 2.12. The Hall–Kier alpha value is 0.210. The van der Waals surface area contributed by atoms with Crippen molar-refractivity contribution in [2.75, 3.05) is 25.7 Å². The quantitative estimate of drug-likeness (QED) is 0.573. The van der Waals surface area contributed by atoms with Gasteiger partial charge in [0.05, 0.1) is 0 Å². The average molecular weight is 223 g/mol. The lowest BCUT2D eigenvalue weighted by molar-refractivity contribution is 0.0968. The van der Waals surface area contributed by atoms with Gasteiger partial charge in [-0.15, -0.1) is 11.6 Å². The second kappa shape index (κ2) is 13.2. The highest BCUT2D eigenvalue weighted by molar-refractivity contribution is 6.17. The molecule has 0 aromatic heterocycles. The third kappa shape index (κ3) is 12.2. The van der Waals surface area contributed by atoms with Crippen molar-refractivity contribution in [1.82, 2.24) is 0 Å². The van der Waals surface area contributed by atoms with Gasteiger partial charge in [-0.05, 0) is 32.1 Å². The topological polar surface area (TPSA) is 29.5 Å². The van der Waals surface area contributed by atoms with Crippen LogP contribution in [0.1, 0.15) is 44.9 Å². The van der Waals surface area contributed by atoms with E-state index in [1.807, 2.05) is 0 Å². The lowest BCUT2D eigenvalue weighted by Crippen LogP contribution is -2.03. The summed E-state index contributed by atoms with van der Waals surface area (Å²) in [5, 5.41) is 8.33. The van der Waals surface area contributed by atoms with Gasteiger partial charge in [0.25, 0.3) is 0 Å². The van der Waals surface area contributed by atoms with Gasteiger partial charge in [-0.1, -0.05) is 12.8 Å². The third-order valence-corrected chi connectivity index (χ3v) is 2.39. The van der Waals surface area contributed by atoms with Crippen LogP contribution in [0.4, 0.5) is 0 Å². The predicted octanol–water partition coefficient (Wildman–Crippen LogP) is 2.96. The number of hydrogen-bond donors (Lipinski definition) is 1. The number of unbranched alkanes of at least 4 members (excludes halogenated alkanes) is 3. The summed E-state index contributed by atoms with van der Waals surface area (Å²) in [5.41, 5.74) is 0. The van der Waals surface area contributed by atoms with E-state index >= 15 is 0 Å². The van der Waals surface area contributed by atoms with Gasteiger partial charge in [-0.3, -0.25) is 0 Å². The Balaban J connectivity index is 0.000000249. The van der Waals surface area contributed by atoms with Crippen molar-refractivity contribution in [2.24, 2.45) is 0 Å². The van der Waals surface area contributed by atoms with Crippen molar-refractivity contribution in [3.63, 3.8) is 0 Å². The van der Waals surface area contributed by atoms with Gasteiger partial charge in [-0.25, -0.2) is 0 Å². The summed E-state index contributed by atoms with van der Waals surface area (Å²) in [6.07, 6.45) is 8.21. The lowest BCUT2D eigenvalue weighted by Gasteiger charge is -2.08. The van der Waals surface area contributed by atoms with E-state index in [1.165, 1.54) is 19.3 Å². The first kappa shape index (κ1) is 14.2. The SMILES string of the molecule is C1CCOCC1.OCCCCCCCl. The highest BCUT2D eigenvalue weighted by Gasteiger charge is 1.95. The highest BCUT2D eigenvalue weighted by atomic mass is 35.5. The summed E-state index contributed by atoms with van der Waals surface area (Å²) in [4.78, 5) is 0. The van der Waals surface area contributed by atoms with Crippen molar-refractivity contribution in [2.45, 2.75) is 44.9 Å². The molecular weight excluding hydrogens is 200 g/mol. The summed E-state index contributed by atoms with van der Waals surface area (Å²) < 4.78 is 5.07. The molecule has 0 amide bonds. The number of rotatable bonds is 5. The van der Waals surface area contributed by atoms with Gasteiger partial charge >= 0.3 is 0 Å². The molecule has 0 radical (unpaired) electrons. The van der Waals surface area contributed by atoms with Crippen molar-refractivity contribution in [3.8, 4) is 0 Å². The van der Waals surface area contributed by atoms with Crippen LogP contribution in [0.3, 0.4) is 0 Å². The molecule has 1 aliphatic heterocycles. The second-order valence-corrected chi connectivity index (χ2v) is 3.88. The molecule has 1 rings (SSSR count). The van der Waals surface area contributed by atoms with Gasteiger partial charge in [0.15, 0.2) is 0 Å². The lowest BCUT2D eigenvalue weighted by atomic mass is 10.2. The smallest absolute Gasteiger partial charge is 0.0466 e. The van der Waals surface area contributed by atoms with Crippen LogP contribution in [-0.2, 0) is 4.74 Å². The zero-order valence-corrected chi connectivity index (χ0v) is 9.77. The van der Waals surface area contributed by atoms with Crippen LogP contribution >= 0.6 is 11.6 Å². The first-order chi connectivity index (χ1) is 6.91. The fraction of sp³-hybridized carbons (Fsp3) is 1.00. The van der Waals surface area contributed by atoms with E-state index < -0.39 is 0 Å². The molecule has 1 aliphatic rings. The molecular formula is C11H23ClO2. The molecule has 0 aromatic carbocycles. The summed E-state index contributed by atoms with van der Waals surface area (Å²) >= 11 is 5.42. The van der Waals surface area contributed by atoms with Crippen molar-refractivity contribution in [1.29, 1.82) is 0 Å². The van der Waals surface area contributed by atoms with E-state index in [0.29, 0.717) is 6.61 Å². The number of hydrogen-bond acceptors (Lipinski definition) is 2. The molecule has 1 N–H and O–H groups in total. The molecule has 0 bridgehead atoms. The van der Waals surface area contributed by atoms with Crippen LogP contribution in [0.2, 0.25) is 0 Å². The Morgan fingerprint density at radius 2 is 1.57 bits per heavy atom. The molecule has 0 saturated carbocycles. The molecule has 0 spiro atoms. The standard InChI is InChI=1S/C6H13ClO.C5H10O/c7-5-3-1-2-4-6-8;1-2-4-6-5-3-1/h8H,1-6H2;1-5H2. The predicted molar refractivity (Wildman–Crippen MR) is 60.9 cm³/mol. The Kier molecular flexibility index (Phi) is 13.4. The molecule has 86 valence electrons. The van der Waals surface area contributed by atoms with E-state index in [-0.39, 0.29) is 0 Å². The van der Waals surface area contributed by atoms with Crippen LogP contribution < -0.4 is 0 Å². The maximum atomic E-state index is 8.33. The maximum absolute atomic E-state index is 8.33. The molecule has 14 heavy (non-hydrogen) atoms. The minimum atomic E-state index is 0.322. The molecule has 0 atom stereocenters. The molecule has 2 nitrogen and oxygen atoms in total. The normalized spacial score (nSPS) is 15.9. The van der Waals surface area contributed by atoms with E-state index in [2.05, 4.69) is 0 Å². The second-order valence-electron chi connectivity index (χ2n) is 3.50. The molecule has 1 heterocycles. The van der Waals surface area contributed by atoms with Gasteiger partial charge in [0.2, 0.25) is 0 Å². The minimum Gasteiger partial charge on any atom is -0.396 e. The highest BCUT2D eigenvalue weighted by Crippen LogP contribution is 2.02. The van der Waals surface area contributed by atoms with Crippen molar-refractivity contribution in [3.05, 3.63) is 0 Å². The van der Waals surface area contributed by atoms with E-state index in [0.717, 1.165) is 44.8 Å². The summed E-state index contributed by atoms with van der Waals surface area (Å²) in [5.74, 6) is 0.755. The molecule has 0 unspecified atom stereocenters. The fourth-order valence-electron chi connectivity index (χ4n) is 1.25. The van der Waals surface area contributed by atoms with Gasteiger partial charge in [0, 0.05) is 25.7 Å². The first-order valence-corrected chi connectivity index (χ1v) is 6.20. The van der Waals surface area contributed by atoms with Crippen LogP contribution in [0, 0.1) is 0 Å². The van der Waals surface area contributed by atoms with Crippen LogP contribution in [0.5, 0.6) is 0 Å². The summed E-state index contributed by atoms with van der Waals surface area (Å²) in [7, 11) is 0. The van der Waals surface area contributed by atoms with Crippen LogP contribution in [0.25, 0.3) is 0 Å². The number of alkyl halides is 1. The zero-order chi connectivity index (χ0) is 10.5. The number of aliphatic hydroxyl groups excluding tert-OH is 1. The number of ether oxygens (including phenoxy) is 1. The first-order valence-electron chi connectivity index (χ1n) is 5.66. The van der Waals surface area contributed by atoms with Gasteiger partial charge < -0.3 is 9.84 Å². The Labute approximate surface area is 92.6 Å². The largest absolute Gasteiger partial charge is 0.396 e. The molecule has 1 fully saturated rings. The van der Waals surface area contributed by atoms with Gasteiger partial charge in [-0.2, -0.15) is 0 Å². The molecule has 1 saturated heterocycles. The fourth-order valence-corrected chi connectivity index (χ4v) is 1.44.